The molecule has 0 aliphatic heterocycles. The van der Waals surface area contributed by atoms with Crippen molar-refractivity contribution in [1.29, 1.82) is 0 Å². The van der Waals surface area contributed by atoms with Gasteiger partial charge in [-0.25, -0.2) is 0 Å². The van der Waals surface area contributed by atoms with E-state index in [1.807, 2.05) is 19.9 Å². The molecule has 1 amide bonds. The van der Waals surface area contributed by atoms with Gasteiger partial charge in [-0.05, 0) is 49.1 Å². The van der Waals surface area contributed by atoms with Crippen molar-refractivity contribution in [2.24, 2.45) is 0 Å². The Morgan fingerprint density at radius 1 is 0.963 bits per heavy atom. The summed E-state index contributed by atoms with van der Waals surface area (Å²) in [4.78, 5) is 24.0. The summed E-state index contributed by atoms with van der Waals surface area (Å²) in [5.41, 5.74) is 2.10. The van der Waals surface area contributed by atoms with E-state index in [0.29, 0.717) is 5.56 Å². The molecule has 0 saturated heterocycles. The molecule has 27 heavy (non-hydrogen) atoms. The Hall–Kier alpha value is -2.63. The summed E-state index contributed by atoms with van der Waals surface area (Å²) in [5.74, 6) is -0.479. The molecule has 0 aliphatic carbocycles. The fourth-order valence-corrected chi connectivity index (χ4v) is 2.73. The zero-order valence-corrected chi connectivity index (χ0v) is 15.3. The maximum absolute atomic E-state index is 12.9. The average molecular weight is 377 g/mol. The van der Waals surface area contributed by atoms with Gasteiger partial charge >= 0.3 is 6.18 Å². The molecular weight excluding hydrogens is 355 g/mol. The molecule has 0 atom stereocenters. The minimum atomic E-state index is -4.42. The highest BCUT2D eigenvalue weighted by Gasteiger charge is 2.32. The van der Waals surface area contributed by atoms with E-state index in [1.54, 1.807) is 12.1 Å². The van der Waals surface area contributed by atoms with Crippen molar-refractivity contribution in [3.05, 3.63) is 70.3 Å². The summed E-state index contributed by atoms with van der Waals surface area (Å²) in [5, 5.41) is 2.58. The van der Waals surface area contributed by atoms with Crippen molar-refractivity contribution in [3.8, 4) is 0 Å². The monoisotopic (exact) mass is 377 g/mol. The zero-order valence-electron chi connectivity index (χ0n) is 15.3. The van der Waals surface area contributed by atoms with E-state index < -0.39 is 11.7 Å². The molecule has 144 valence electrons. The van der Waals surface area contributed by atoms with Crippen LogP contribution in [0.4, 0.5) is 13.2 Å². The number of amides is 1. The Labute approximate surface area is 156 Å². The van der Waals surface area contributed by atoms with Crippen LogP contribution in [0.2, 0.25) is 0 Å². The normalized spacial score (nSPS) is 11.3. The minimum Gasteiger partial charge on any atom is -0.356 e. The molecule has 2 aromatic carbocycles. The second-order valence-corrected chi connectivity index (χ2v) is 6.48. The average Bonchev–Trinajstić information content (AvgIpc) is 2.61. The zero-order chi connectivity index (χ0) is 20.0. The van der Waals surface area contributed by atoms with Crippen LogP contribution in [0.5, 0.6) is 0 Å². The first-order valence-corrected chi connectivity index (χ1v) is 8.70. The molecular formula is C21H22F3NO2. The molecule has 0 aliphatic rings. The van der Waals surface area contributed by atoms with Crippen LogP contribution >= 0.6 is 0 Å². The number of carbonyl (C=O) groups excluding carboxylic acids is 2. The van der Waals surface area contributed by atoms with Gasteiger partial charge in [-0.3, -0.25) is 9.59 Å². The molecule has 0 spiro atoms. The first-order valence-electron chi connectivity index (χ1n) is 8.70. The van der Waals surface area contributed by atoms with Crippen LogP contribution in [0, 0.1) is 13.8 Å². The Kier molecular flexibility index (Phi) is 6.77. The lowest BCUT2D eigenvalue weighted by Gasteiger charge is -2.13. The number of nitrogens with one attached hydrogen (secondary N) is 1. The number of ketones is 1. The quantitative estimate of drug-likeness (QED) is 0.715. The fourth-order valence-electron chi connectivity index (χ4n) is 2.73. The molecule has 1 N–H and O–H groups in total. The topological polar surface area (TPSA) is 46.2 Å². The summed E-state index contributed by atoms with van der Waals surface area (Å²) < 4.78 is 38.8. The summed E-state index contributed by atoms with van der Waals surface area (Å²) in [6.07, 6.45) is -4.27. The van der Waals surface area contributed by atoms with Crippen molar-refractivity contribution in [3.63, 3.8) is 0 Å². The number of benzene rings is 2. The van der Waals surface area contributed by atoms with Gasteiger partial charge < -0.3 is 5.32 Å². The predicted molar refractivity (Wildman–Crippen MR) is 97.6 cm³/mol. The lowest BCUT2D eigenvalue weighted by Crippen LogP contribution is -2.26. The Morgan fingerprint density at radius 3 is 2.33 bits per heavy atom. The standard InChI is InChI=1S/C21H22F3NO2/c1-14-7-8-17(13-15(14)2)19(26)9-10-20(27)25-12-11-16-5-3-4-6-18(16)21(22,23)24/h3-8,13H,9-12H2,1-2H3,(H,25,27). The van der Waals surface area contributed by atoms with Crippen LogP contribution < -0.4 is 5.32 Å². The third-order valence-corrected chi connectivity index (χ3v) is 4.45. The number of alkyl halides is 3. The highest BCUT2D eigenvalue weighted by Crippen LogP contribution is 2.31. The highest BCUT2D eigenvalue weighted by molar-refractivity contribution is 5.98. The predicted octanol–water partition coefficient (Wildman–Crippen LogP) is 4.64. The maximum Gasteiger partial charge on any atom is 0.416 e. The molecule has 0 unspecified atom stereocenters. The number of carbonyl (C=O) groups is 2. The van der Waals surface area contributed by atoms with Crippen LogP contribution in [-0.2, 0) is 17.4 Å². The summed E-state index contributed by atoms with van der Waals surface area (Å²) in [6.45, 7) is 3.95. The third kappa shape index (κ3) is 5.94. The molecule has 2 rings (SSSR count). The van der Waals surface area contributed by atoms with Crippen LogP contribution in [0.15, 0.2) is 42.5 Å². The van der Waals surface area contributed by atoms with Crippen LogP contribution in [0.1, 0.15) is 45.5 Å². The van der Waals surface area contributed by atoms with E-state index in [1.165, 1.54) is 18.2 Å². The number of halogens is 3. The van der Waals surface area contributed by atoms with E-state index in [4.69, 9.17) is 0 Å². The van der Waals surface area contributed by atoms with Crippen molar-refractivity contribution >= 4 is 11.7 Å². The molecule has 0 bridgehead atoms. The maximum atomic E-state index is 12.9. The SMILES string of the molecule is Cc1ccc(C(=O)CCC(=O)NCCc2ccccc2C(F)(F)F)cc1C. The number of rotatable bonds is 7. The van der Waals surface area contributed by atoms with E-state index in [2.05, 4.69) is 5.32 Å². The Balaban J connectivity index is 1.82. The van der Waals surface area contributed by atoms with Gasteiger partial charge in [0, 0.05) is 24.9 Å². The largest absolute Gasteiger partial charge is 0.416 e. The lowest BCUT2D eigenvalue weighted by molar-refractivity contribution is -0.138. The van der Waals surface area contributed by atoms with E-state index in [-0.39, 0.29) is 43.1 Å². The Morgan fingerprint density at radius 2 is 1.67 bits per heavy atom. The van der Waals surface area contributed by atoms with Crippen molar-refractivity contribution in [2.75, 3.05) is 6.54 Å². The number of hydrogen-bond acceptors (Lipinski definition) is 2. The first-order chi connectivity index (χ1) is 12.7. The van der Waals surface area contributed by atoms with Gasteiger partial charge in [-0.2, -0.15) is 13.2 Å². The molecule has 0 aromatic heterocycles. The molecule has 0 fully saturated rings. The van der Waals surface area contributed by atoms with E-state index in [9.17, 15) is 22.8 Å². The van der Waals surface area contributed by atoms with Crippen LogP contribution in [-0.4, -0.2) is 18.2 Å². The lowest BCUT2D eigenvalue weighted by atomic mass is 10.0. The van der Waals surface area contributed by atoms with Crippen molar-refractivity contribution in [1.82, 2.24) is 5.32 Å². The van der Waals surface area contributed by atoms with Crippen molar-refractivity contribution in [2.45, 2.75) is 39.3 Å². The summed E-state index contributed by atoms with van der Waals surface area (Å²) in [7, 11) is 0. The molecule has 0 heterocycles. The number of aryl methyl sites for hydroxylation is 2. The van der Waals surface area contributed by atoms with Crippen LogP contribution in [0.3, 0.4) is 0 Å². The summed E-state index contributed by atoms with van der Waals surface area (Å²) >= 11 is 0. The number of hydrogen-bond donors (Lipinski definition) is 1. The molecule has 6 heteroatoms. The fraction of sp³-hybridized carbons (Fsp3) is 0.333. The highest BCUT2D eigenvalue weighted by atomic mass is 19.4. The van der Waals surface area contributed by atoms with Gasteiger partial charge in [0.05, 0.1) is 5.56 Å². The summed E-state index contributed by atoms with van der Waals surface area (Å²) in [6, 6.07) is 10.7. The minimum absolute atomic E-state index is 0.00662. The van der Waals surface area contributed by atoms with Gasteiger partial charge in [0.25, 0.3) is 0 Å². The first kappa shape index (κ1) is 20.7. The van der Waals surface area contributed by atoms with E-state index >= 15 is 0 Å². The number of Topliss-reactive ketones (excluding diaryl/α,β-unsaturated/α-hetero) is 1. The smallest absolute Gasteiger partial charge is 0.356 e. The van der Waals surface area contributed by atoms with Gasteiger partial charge in [0.1, 0.15) is 0 Å². The Bertz CT molecular complexity index is 828. The van der Waals surface area contributed by atoms with Crippen molar-refractivity contribution < 1.29 is 22.8 Å². The second-order valence-electron chi connectivity index (χ2n) is 6.48. The molecule has 0 saturated carbocycles. The third-order valence-electron chi connectivity index (χ3n) is 4.45. The molecule has 3 nitrogen and oxygen atoms in total. The van der Waals surface area contributed by atoms with Gasteiger partial charge in [0.2, 0.25) is 5.91 Å². The van der Waals surface area contributed by atoms with Gasteiger partial charge in [-0.1, -0.05) is 30.3 Å². The van der Waals surface area contributed by atoms with Gasteiger partial charge in [-0.15, -0.1) is 0 Å². The second kappa shape index (κ2) is 8.84. The van der Waals surface area contributed by atoms with Crippen LogP contribution in [0.25, 0.3) is 0 Å². The molecule has 2 aromatic rings. The van der Waals surface area contributed by atoms with Gasteiger partial charge in [0.15, 0.2) is 5.78 Å². The molecule has 0 radical (unpaired) electrons. The van der Waals surface area contributed by atoms with E-state index in [0.717, 1.165) is 17.2 Å².